The molecule has 2 heterocycles. The molecule has 7 atom stereocenters. The quantitative estimate of drug-likeness (QED) is 0.116. The predicted octanol–water partition coefficient (Wildman–Crippen LogP) is -0.0747. The minimum absolute atomic E-state index is 0.0367. The van der Waals surface area contributed by atoms with E-state index in [2.05, 4.69) is 0 Å². The number of aliphatic hydroxyl groups is 3. The van der Waals surface area contributed by atoms with Crippen LogP contribution in [0, 0.1) is 11.8 Å². The number of halogens is 3. The average Bonchev–Trinajstić information content (AvgIpc) is 3.18. The average molecular weight is 643 g/mol. The number of carbonyl (C=O) groups is 3. The molecule has 0 aromatic rings. The molecule has 3 amide bonds. The van der Waals surface area contributed by atoms with Crippen LogP contribution in [0.25, 0.3) is 0 Å². The van der Waals surface area contributed by atoms with Crippen LogP contribution in [0.1, 0.15) is 46.0 Å². The molecule has 0 radical (unpaired) electrons. The van der Waals surface area contributed by atoms with Crippen molar-refractivity contribution < 1.29 is 66.6 Å². The van der Waals surface area contributed by atoms with Gasteiger partial charge in [0.05, 0.1) is 83.6 Å². The number of nitrogens with zero attached hydrogens (tertiary/aromatic N) is 1. The van der Waals surface area contributed by atoms with Crippen LogP contribution in [-0.2, 0) is 38.1 Å². The lowest BCUT2D eigenvalue weighted by Gasteiger charge is -2.50. The molecule has 3 fully saturated rings. The van der Waals surface area contributed by atoms with Crippen molar-refractivity contribution in [2.24, 2.45) is 11.8 Å². The lowest BCUT2D eigenvalue weighted by molar-refractivity contribution is -0.262. The lowest BCUT2D eigenvalue weighted by Crippen LogP contribution is -2.70. The summed E-state index contributed by atoms with van der Waals surface area (Å²) in [6.45, 7) is 4.14. The van der Waals surface area contributed by atoms with Crippen molar-refractivity contribution >= 4 is 17.7 Å². The minimum Gasteiger partial charge on any atom is -0.393 e. The van der Waals surface area contributed by atoms with Gasteiger partial charge in [0, 0.05) is 12.8 Å². The molecule has 1 unspecified atom stereocenters. The highest BCUT2D eigenvalue weighted by molar-refractivity contribution is 6.03. The second kappa shape index (κ2) is 16.6. The highest BCUT2D eigenvalue weighted by atomic mass is 19.4. The molecule has 3 aliphatic rings. The summed E-state index contributed by atoms with van der Waals surface area (Å²) in [5.41, 5.74) is -1.65. The first kappa shape index (κ1) is 36.5. The lowest BCUT2D eigenvalue weighted by atomic mass is 9.75. The van der Waals surface area contributed by atoms with Crippen LogP contribution < -0.4 is 5.32 Å². The number of alkyl halides is 3. The highest BCUT2D eigenvalue weighted by Crippen LogP contribution is 2.39. The summed E-state index contributed by atoms with van der Waals surface area (Å²) in [6.07, 6.45) is -7.69. The summed E-state index contributed by atoms with van der Waals surface area (Å²) in [7, 11) is 0. The maximum absolute atomic E-state index is 12.7. The standard InChI is InChI=1S/C28H45F3N2O11/c1-17(34)15-27(24(37)23(36)22(18(2)44-27)32-26(39)28(29,30)31)16-43-13-12-42-11-10-41-9-8-40-7-6-33-21(35)14-20(25(33)38)19-4-3-5-19/h17-20,22-24,34,36-37H,3-16H2,1-2H3,(H,32,39)/t17-,18-,20?,22-,23-,24-,27-/m1/s1. The molecule has 0 aromatic carbocycles. The summed E-state index contributed by atoms with van der Waals surface area (Å²) in [6, 6.07) is -1.54. The fourth-order valence-corrected chi connectivity index (χ4v) is 5.80. The van der Waals surface area contributed by atoms with Crippen LogP contribution in [0.5, 0.6) is 0 Å². The molecule has 0 aromatic heterocycles. The van der Waals surface area contributed by atoms with Gasteiger partial charge in [-0.1, -0.05) is 6.42 Å². The van der Waals surface area contributed by atoms with E-state index in [1.807, 2.05) is 0 Å². The van der Waals surface area contributed by atoms with Crippen molar-refractivity contribution in [2.75, 3.05) is 59.4 Å². The Morgan fingerprint density at radius 3 is 2.14 bits per heavy atom. The first-order valence-corrected chi connectivity index (χ1v) is 15.0. The Kier molecular flexibility index (Phi) is 13.8. The Hall–Kier alpha value is -1.92. The first-order chi connectivity index (χ1) is 20.8. The van der Waals surface area contributed by atoms with Crippen LogP contribution in [0.15, 0.2) is 0 Å². The molecule has 1 saturated carbocycles. The number of aliphatic hydroxyl groups excluding tert-OH is 3. The van der Waals surface area contributed by atoms with Gasteiger partial charge in [-0.15, -0.1) is 0 Å². The van der Waals surface area contributed by atoms with Crippen molar-refractivity contribution in [1.29, 1.82) is 0 Å². The molecular formula is C28H45F3N2O11. The van der Waals surface area contributed by atoms with Crippen LogP contribution >= 0.6 is 0 Å². The Morgan fingerprint density at radius 1 is 1.05 bits per heavy atom. The number of likely N-dealkylation sites (tertiary alicyclic amines) is 1. The maximum atomic E-state index is 12.7. The highest BCUT2D eigenvalue weighted by Gasteiger charge is 2.55. The van der Waals surface area contributed by atoms with Gasteiger partial charge in [0.15, 0.2) is 0 Å². The second-order valence-electron chi connectivity index (χ2n) is 11.6. The van der Waals surface area contributed by atoms with E-state index in [1.165, 1.54) is 18.7 Å². The molecule has 254 valence electrons. The Labute approximate surface area is 254 Å². The van der Waals surface area contributed by atoms with E-state index in [0.717, 1.165) is 19.3 Å². The monoisotopic (exact) mass is 642 g/mol. The Bertz CT molecular complexity index is 952. The third kappa shape index (κ3) is 9.79. The first-order valence-electron chi connectivity index (χ1n) is 15.0. The van der Waals surface area contributed by atoms with Crippen LogP contribution in [0.4, 0.5) is 13.2 Å². The van der Waals surface area contributed by atoms with Crippen LogP contribution in [0.2, 0.25) is 0 Å². The number of ether oxygens (including phenoxy) is 5. The molecule has 3 rings (SSSR count). The topological polar surface area (TPSA) is 173 Å². The SMILES string of the molecule is C[C@@H](O)C[C@]1(COCCOCCOCCOCCN2C(=O)CC(C3CCC3)C2=O)O[C@H](C)[C@@H](NC(=O)C(F)(F)F)[C@@H](O)[C@H]1O. The van der Waals surface area contributed by atoms with E-state index in [1.54, 1.807) is 5.32 Å². The molecule has 13 nitrogen and oxygen atoms in total. The van der Waals surface area contributed by atoms with Gasteiger partial charge in [-0.25, -0.2) is 0 Å². The van der Waals surface area contributed by atoms with E-state index >= 15 is 0 Å². The molecule has 2 aliphatic heterocycles. The van der Waals surface area contributed by atoms with Gasteiger partial charge < -0.3 is 44.3 Å². The van der Waals surface area contributed by atoms with Crippen molar-refractivity contribution in [3.63, 3.8) is 0 Å². The molecule has 0 bridgehead atoms. The summed E-state index contributed by atoms with van der Waals surface area (Å²) < 4.78 is 65.7. The van der Waals surface area contributed by atoms with Crippen LogP contribution in [-0.4, -0.2) is 140 Å². The number of nitrogens with one attached hydrogen (secondary N) is 1. The van der Waals surface area contributed by atoms with Gasteiger partial charge in [0.2, 0.25) is 11.8 Å². The Balaban J connectivity index is 1.26. The molecule has 2 saturated heterocycles. The molecule has 1 aliphatic carbocycles. The number of carbonyl (C=O) groups excluding carboxylic acids is 3. The van der Waals surface area contributed by atoms with Crippen molar-refractivity contribution in [3.8, 4) is 0 Å². The number of amides is 3. The summed E-state index contributed by atoms with van der Waals surface area (Å²) >= 11 is 0. The van der Waals surface area contributed by atoms with E-state index in [9.17, 15) is 42.9 Å². The summed E-state index contributed by atoms with van der Waals surface area (Å²) in [5, 5.41) is 32.9. The predicted molar refractivity (Wildman–Crippen MR) is 145 cm³/mol. The largest absolute Gasteiger partial charge is 0.471 e. The van der Waals surface area contributed by atoms with E-state index in [-0.39, 0.29) is 83.6 Å². The zero-order chi connectivity index (χ0) is 32.5. The fourth-order valence-electron chi connectivity index (χ4n) is 5.80. The van der Waals surface area contributed by atoms with Gasteiger partial charge in [0.1, 0.15) is 17.8 Å². The normalized spacial score (nSPS) is 30.5. The Morgan fingerprint density at radius 2 is 1.61 bits per heavy atom. The van der Waals surface area contributed by atoms with Crippen molar-refractivity contribution in [2.45, 2.75) is 88.2 Å². The smallest absolute Gasteiger partial charge is 0.393 e. The van der Waals surface area contributed by atoms with Crippen molar-refractivity contribution in [1.82, 2.24) is 10.2 Å². The number of rotatable bonds is 18. The number of hydrogen-bond acceptors (Lipinski definition) is 11. The zero-order valence-electron chi connectivity index (χ0n) is 25.1. The summed E-state index contributed by atoms with van der Waals surface area (Å²) in [5.74, 6) is -2.33. The molecule has 0 spiro atoms. The summed E-state index contributed by atoms with van der Waals surface area (Å²) in [4.78, 5) is 37.3. The third-order valence-electron chi connectivity index (χ3n) is 8.27. The van der Waals surface area contributed by atoms with Gasteiger partial charge in [-0.2, -0.15) is 13.2 Å². The zero-order valence-corrected chi connectivity index (χ0v) is 25.1. The van der Waals surface area contributed by atoms with Gasteiger partial charge in [-0.3, -0.25) is 19.3 Å². The molecule has 4 N–H and O–H groups in total. The minimum atomic E-state index is -5.18. The third-order valence-corrected chi connectivity index (χ3v) is 8.27. The molecular weight excluding hydrogens is 597 g/mol. The number of imide groups is 1. The van der Waals surface area contributed by atoms with Gasteiger partial charge in [-0.05, 0) is 32.6 Å². The van der Waals surface area contributed by atoms with Gasteiger partial charge >= 0.3 is 12.1 Å². The van der Waals surface area contributed by atoms with Gasteiger partial charge in [0.25, 0.3) is 0 Å². The maximum Gasteiger partial charge on any atom is 0.471 e. The van der Waals surface area contributed by atoms with Crippen molar-refractivity contribution in [3.05, 3.63) is 0 Å². The van der Waals surface area contributed by atoms with E-state index in [0.29, 0.717) is 12.3 Å². The molecule has 16 heteroatoms. The fraction of sp³-hybridized carbons (Fsp3) is 0.893. The van der Waals surface area contributed by atoms with E-state index in [4.69, 9.17) is 23.7 Å². The second-order valence-corrected chi connectivity index (χ2v) is 11.6. The number of hydrogen-bond donors (Lipinski definition) is 4. The van der Waals surface area contributed by atoms with Crippen LogP contribution in [0.3, 0.4) is 0 Å². The van der Waals surface area contributed by atoms with E-state index < -0.39 is 48.1 Å². The molecule has 44 heavy (non-hydrogen) atoms.